The molecule has 0 radical (unpaired) electrons. The summed E-state index contributed by atoms with van der Waals surface area (Å²) >= 11 is 0. The zero-order chi connectivity index (χ0) is 23.4. The average Bonchev–Trinajstić information content (AvgIpc) is 3.41. The van der Waals surface area contributed by atoms with Crippen LogP contribution in [0.4, 0.5) is 4.79 Å². The van der Waals surface area contributed by atoms with Crippen LogP contribution in [-0.4, -0.2) is 41.3 Å². The van der Waals surface area contributed by atoms with Crippen molar-refractivity contribution in [2.45, 2.75) is 49.6 Å². The lowest BCUT2D eigenvalue weighted by molar-refractivity contribution is -0.147. The molecule has 0 saturated heterocycles. The number of fused-ring (bicyclic) bond motifs is 3. The maximum atomic E-state index is 12.8. The summed E-state index contributed by atoms with van der Waals surface area (Å²) in [5.74, 6) is -1.69. The Balaban J connectivity index is 1.41. The number of alkyl carbamates (subject to hydrolysis) is 1. The van der Waals surface area contributed by atoms with Gasteiger partial charge in [-0.2, -0.15) is 0 Å². The van der Waals surface area contributed by atoms with Gasteiger partial charge in [0, 0.05) is 5.92 Å². The van der Waals surface area contributed by atoms with Crippen molar-refractivity contribution in [3.05, 3.63) is 72.3 Å². The highest BCUT2D eigenvalue weighted by molar-refractivity contribution is 5.91. The van der Waals surface area contributed by atoms with E-state index in [0.29, 0.717) is 12.8 Å². The maximum absolute atomic E-state index is 12.8. The van der Waals surface area contributed by atoms with Gasteiger partial charge < -0.3 is 20.5 Å². The Morgan fingerprint density at radius 1 is 1.06 bits per heavy atom. The van der Waals surface area contributed by atoms with Gasteiger partial charge in [-0.15, -0.1) is 6.58 Å². The molecule has 2 aromatic carbocycles. The maximum Gasteiger partial charge on any atom is 0.407 e. The van der Waals surface area contributed by atoms with E-state index in [1.165, 1.54) is 6.08 Å². The molecule has 2 aliphatic carbocycles. The number of carboxylic acids is 1. The smallest absolute Gasteiger partial charge is 0.407 e. The number of rotatable bonds is 8. The van der Waals surface area contributed by atoms with Gasteiger partial charge in [0.2, 0.25) is 5.91 Å². The molecule has 7 nitrogen and oxygen atoms in total. The summed E-state index contributed by atoms with van der Waals surface area (Å²) in [5.41, 5.74) is 3.16. The van der Waals surface area contributed by atoms with Crippen molar-refractivity contribution in [2.75, 3.05) is 6.61 Å². The lowest BCUT2D eigenvalue weighted by Gasteiger charge is -2.28. The standard InChI is InChI=1S/C26H28N2O5/c1-2-9-22(23(29)28-26(24(30)31)14-7-8-15-26)27-25(32)33-16-21-19-12-5-3-10-17(19)18-11-4-6-13-20(18)21/h2-6,10-13,21-22H,1,7-9,14-16H2,(H,27,32)(H,28,29)(H,30,31). The number of benzene rings is 2. The zero-order valence-corrected chi connectivity index (χ0v) is 18.4. The Morgan fingerprint density at radius 3 is 2.18 bits per heavy atom. The van der Waals surface area contributed by atoms with Gasteiger partial charge in [-0.05, 0) is 41.5 Å². The van der Waals surface area contributed by atoms with Crippen molar-refractivity contribution >= 4 is 18.0 Å². The first-order chi connectivity index (χ1) is 15.9. The van der Waals surface area contributed by atoms with Crippen molar-refractivity contribution in [1.29, 1.82) is 0 Å². The highest BCUT2D eigenvalue weighted by atomic mass is 16.5. The molecule has 2 amide bonds. The highest BCUT2D eigenvalue weighted by Crippen LogP contribution is 2.44. The molecule has 4 rings (SSSR count). The van der Waals surface area contributed by atoms with Crippen LogP contribution in [0, 0.1) is 0 Å². The van der Waals surface area contributed by atoms with Crippen LogP contribution in [0.1, 0.15) is 49.1 Å². The number of aliphatic carboxylic acids is 1. The normalized spacial score (nSPS) is 16.8. The third-order valence-electron chi connectivity index (χ3n) is 6.58. The second-order valence-electron chi connectivity index (χ2n) is 8.63. The number of ether oxygens (including phenoxy) is 1. The molecule has 3 N–H and O–H groups in total. The van der Waals surface area contributed by atoms with Crippen LogP contribution in [-0.2, 0) is 14.3 Å². The van der Waals surface area contributed by atoms with Gasteiger partial charge in [0.25, 0.3) is 0 Å². The molecule has 0 bridgehead atoms. The molecular formula is C26H28N2O5. The summed E-state index contributed by atoms with van der Waals surface area (Å²) in [6.07, 6.45) is 3.16. The van der Waals surface area contributed by atoms with E-state index in [4.69, 9.17) is 4.74 Å². The van der Waals surface area contributed by atoms with E-state index in [-0.39, 0.29) is 18.9 Å². The predicted octanol–water partition coefficient (Wildman–Crippen LogP) is 3.98. The summed E-state index contributed by atoms with van der Waals surface area (Å²) in [7, 11) is 0. The fraction of sp³-hybridized carbons (Fsp3) is 0.346. The van der Waals surface area contributed by atoms with Gasteiger partial charge in [-0.25, -0.2) is 9.59 Å². The van der Waals surface area contributed by atoms with Crippen molar-refractivity contribution in [1.82, 2.24) is 10.6 Å². The third-order valence-corrected chi connectivity index (χ3v) is 6.58. The molecule has 2 aromatic rings. The van der Waals surface area contributed by atoms with Gasteiger partial charge in [0.1, 0.15) is 18.2 Å². The predicted molar refractivity (Wildman–Crippen MR) is 124 cm³/mol. The quantitative estimate of drug-likeness (QED) is 0.530. The lowest BCUT2D eigenvalue weighted by atomic mass is 9.97. The van der Waals surface area contributed by atoms with Crippen molar-refractivity contribution in [3.8, 4) is 11.1 Å². The number of hydrogen-bond acceptors (Lipinski definition) is 4. The van der Waals surface area contributed by atoms with E-state index in [1.807, 2.05) is 36.4 Å². The topological polar surface area (TPSA) is 105 Å². The monoisotopic (exact) mass is 448 g/mol. The fourth-order valence-electron chi connectivity index (χ4n) is 4.87. The van der Waals surface area contributed by atoms with Crippen LogP contribution in [0.15, 0.2) is 61.2 Å². The second-order valence-corrected chi connectivity index (χ2v) is 8.63. The number of carbonyl (C=O) groups excluding carboxylic acids is 2. The molecule has 1 fully saturated rings. The molecule has 2 aliphatic rings. The van der Waals surface area contributed by atoms with Crippen molar-refractivity contribution in [3.63, 3.8) is 0 Å². The van der Waals surface area contributed by atoms with Gasteiger partial charge in [-0.1, -0.05) is 67.4 Å². The first-order valence-electron chi connectivity index (χ1n) is 11.2. The molecule has 0 aromatic heterocycles. The van der Waals surface area contributed by atoms with E-state index in [9.17, 15) is 19.5 Å². The Hall–Kier alpha value is -3.61. The van der Waals surface area contributed by atoms with Crippen LogP contribution in [0.5, 0.6) is 0 Å². The van der Waals surface area contributed by atoms with Crippen LogP contribution in [0.25, 0.3) is 11.1 Å². The Kier molecular flexibility index (Phi) is 6.49. The molecule has 7 heteroatoms. The minimum Gasteiger partial charge on any atom is -0.480 e. The van der Waals surface area contributed by atoms with E-state index < -0.39 is 29.6 Å². The summed E-state index contributed by atoms with van der Waals surface area (Å²) in [5, 5.41) is 14.9. The fourth-order valence-corrected chi connectivity index (χ4v) is 4.87. The Morgan fingerprint density at radius 2 is 1.64 bits per heavy atom. The third kappa shape index (κ3) is 4.49. The minimum absolute atomic E-state index is 0.0939. The van der Waals surface area contributed by atoms with Crippen molar-refractivity contribution in [2.24, 2.45) is 0 Å². The van der Waals surface area contributed by atoms with Gasteiger partial charge in [-0.3, -0.25) is 4.79 Å². The molecule has 1 saturated carbocycles. The van der Waals surface area contributed by atoms with Crippen molar-refractivity contribution < 1.29 is 24.2 Å². The van der Waals surface area contributed by atoms with E-state index in [0.717, 1.165) is 35.1 Å². The molecule has 172 valence electrons. The first-order valence-corrected chi connectivity index (χ1v) is 11.2. The van der Waals surface area contributed by atoms with Crippen LogP contribution in [0.3, 0.4) is 0 Å². The van der Waals surface area contributed by atoms with Gasteiger partial charge >= 0.3 is 12.1 Å². The first kappa shape index (κ1) is 22.6. The number of hydrogen-bond donors (Lipinski definition) is 3. The molecule has 0 aliphatic heterocycles. The summed E-state index contributed by atoms with van der Waals surface area (Å²) < 4.78 is 5.53. The zero-order valence-electron chi connectivity index (χ0n) is 18.4. The summed E-state index contributed by atoms with van der Waals surface area (Å²) in [6, 6.07) is 15.1. The number of nitrogens with one attached hydrogen (secondary N) is 2. The van der Waals surface area contributed by atoms with Gasteiger partial charge in [0.05, 0.1) is 0 Å². The molecule has 33 heavy (non-hydrogen) atoms. The summed E-state index contributed by atoms with van der Waals surface area (Å²) in [4.78, 5) is 37.2. The lowest BCUT2D eigenvalue weighted by Crippen LogP contribution is -2.58. The van der Waals surface area contributed by atoms with Gasteiger partial charge in [0.15, 0.2) is 0 Å². The SMILES string of the molecule is C=CCC(NC(=O)OCC1c2ccccc2-c2ccccc21)C(=O)NC1(C(=O)O)CCCC1. The average molecular weight is 449 g/mol. The number of amides is 2. The molecule has 1 unspecified atom stereocenters. The van der Waals surface area contributed by atoms with Crippen LogP contribution >= 0.6 is 0 Å². The van der Waals surface area contributed by atoms with E-state index in [2.05, 4.69) is 29.3 Å². The van der Waals surface area contributed by atoms with E-state index >= 15 is 0 Å². The Bertz CT molecular complexity index is 1030. The van der Waals surface area contributed by atoms with Crippen LogP contribution < -0.4 is 10.6 Å². The molecule has 1 atom stereocenters. The second kappa shape index (κ2) is 9.48. The Labute approximate surface area is 192 Å². The molecular weight excluding hydrogens is 420 g/mol. The van der Waals surface area contributed by atoms with Crippen LogP contribution in [0.2, 0.25) is 0 Å². The number of carboxylic acid groups (broad SMARTS) is 1. The highest BCUT2D eigenvalue weighted by Gasteiger charge is 2.43. The largest absolute Gasteiger partial charge is 0.480 e. The molecule has 0 heterocycles. The summed E-state index contributed by atoms with van der Waals surface area (Å²) in [6.45, 7) is 3.77. The minimum atomic E-state index is -1.28. The number of carbonyl (C=O) groups is 3. The van der Waals surface area contributed by atoms with E-state index in [1.54, 1.807) is 0 Å². The molecule has 0 spiro atoms.